The standard InChI is InChI=1S/C13H16Br2O2S/c14-12-6-10(13(15)18-12)11(16)8-17-7-9-4-2-1-3-5-9/h6,9H,1-5,7-8H2. The quantitative estimate of drug-likeness (QED) is 0.651. The van der Waals surface area contributed by atoms with Gasteiger partial charge in [-0.3, -0.25) is 4.79 Å². The Kier molecular flexibility index (Phi) is 5.86. The van der Waals surface area contributed by atoms with E-state index in [1.807, 2.05) is 6.07 Å². The number of ketones is 1. The van der Waals surface area contributed by atoms with E-state index in [1.165, 1.54) is 43.4 Å². The number of carbonyl (C=O) groups is 1. The fraction of sp³-hybridized carbons (Fsp3) is 0.615. The summed E-state index contributed by atoms with van der Waals surface area (Å²) in [5, 5.41) is 0. The number of hydrogen-bond donors (Lipinski definition) is 0. The maximum atomic E-state index is 12.0. The van der Waals surface area contributed by atoms with Crippen LogP contribution in [0.1, 0.15) is 42.5 Å². The van der Waals surface area contributed by atoms with Crippen molar-refractivity contribution in [2.75, 3.05) is 13.2 Å². The molecule has 0 spiro atoms. The number of Topliss-reactive ketones (excluding diaryl/α,β-unsaturated/α-hetero) is 1. The van der Waals surface area contributed by atoms with Gasteiger partial charge in [-0.2, -0.15) is 0 Å². The molecule has 1 aromatic heterocycles. The van der Waals surface area contributed by atoms with Gasteiger partial charge in [-0.15, -0.1) is 11.3 Å². The van der Waals surface area contributed by atoms with Crippen LogP contribution in [0.5, 0.6) is 0 Å². The molecule has 1 saturated carbocycles. The lowest BCUT2D eigenvalue weighted by Crippen LogP contribution is -2.17. The lowest BCUT2D eigenvalue weighted by atomic mass is 9.90. The minimum atomic E-state index is 0.0552. The van der Waals surface area contributed by atoms with E-state index in [-0.39, 0.29) is 12.4 Å². The molecule has 0 aromatic carbocycles. The van der Waals surface area contributed by atoms with Crippen LogP contribution >= 0.6 is 43.2 Å². The first-order valence-electron chi connectivity index (χ1n) is 6.22. The third kappa shape index (κ3) is 4.15. The molecule has 2 rings (SSSR count). The third-order valence-electron chi connectivity index (χ3n) is 3.27. The third-order valence-corrected chi connectivity index (χ3v) is 5.61. The molecule has 0 radical (unpaired) electrons. The van der Waals surface area contributed by atoms with Crippen molar-refractivity contribution in [1.29, 1.82) is 0 Å². The lowest BCUT2D eigenvalue weighted by Gasteiger charge is -2.20. The van der Waals surface area contributed by atoms with Gasteiger partial charge in [0.2, 0.25) is 0 Å². The van der Waals surface area contributed by atoms with Crippen molar-refractivity contribution in [3.05, 3.63) is 19.2 Å². The van der Waals surface area contributed by atoms with E-state index in [1.54, 1.807) is 0 Å². The van der Waals surface area contributed by atoms with Crippen molar-refractivity contribution in [3.63, 3.8) is 0 Å². The van der Waals surface area contributed by atoms with Crippen molar-refractivity contribution in [3.8, 4) is 0 Å². The molecule has 100 valence electrons. The Balaban J connectivity index is 1.76. The molecule has 1 aromatic rings. The molecule has 1 heterocycles. The molecular weight excluding hydrogens is 380 g/mol. The van der Waals surface area contributed by atoms with E-state index in [9.17, 15) is 4.79 Å². The minimum Gasteiger partial charge on any atom is -0.373 e. The summed E-state index contributed by atoms with van der Waals surface area (Å²) in [4.78, 5) is 12.0. The highest BCUT2D eigenvalue weighted by Gasteiger charge is 2.16. The second kappa shape index (κ2) is 7.17. The van der Waals surface area contributed by atoms with Gasteiger partial charge in [-0.05, 0) is 56.7 Å². The summed E-state index contributed by atoms with van der Waals surface area (Å²) in [6, 6.07) is 1.85. The first-order valence-corrected chi connectivity index (χ1v) is 8.63. The zero-order valence-corrected chi connectivity index (χ0v) is 14.1. The predicted molar refractivity (Wildman–Crippen MR) is 81.4 cm³/mol. The summed E-state index contributed by atoms with van der Waals surface area (Å²) in [6.45, 7) is 0.924. The zero-order valence-electron chi connectivity index (χ0n) is 10.1. The van der Waals surface area contributed by atoms with Crippen LogP contribution in [0.25, 0.3) is 0 Å². The lowest BCUT2D eigenvalue weighted by molar-refractivity contribution is 0.0628. The smallest absolute Gasteiger partial charge is 0.190 e. The Morgan fingerprint density at radius 2 is 2.06 bits per heavy atom. The van der Waals surface area contributed by atoms with Gasteiger partial charge >= 0.3 is 0 Å². The van der Waals surface area contributed by atoms with E-state index < -0.39 is 0 Å². The van der Waals surface area contributed by atoms with Gasteiger partial charge in [-0.25, -0.2) is 0 Å². The van der Waals surface area contributed by atoms with Crippen LogP contribution in [0, 0.1) is 5.92 Å². The summed E-state index contributed by atoms with van der Waals surface area (Å²) in [5.74, 6) is 0.712. The van der Waals surface area contributed by atoms with Crippen LogP contribution in [0.3, 0.4) is 0 Å². The molecule has 0 saturated heterocycles. The molecule has 1 fully saturated rings. The highest BCUT2D eigenvalue weighted by molar-refractivity contribution is 9.12. The SMILES string of the molecule is O=C(COCC1CCCCC1)c1cc(Br)sc1Br. The van der Waals surface area contributed by atoms with E-state index in [4.69, 9.17) is 4.74 Å². The maximum absolute atomic E-state index is 12.0. The predicted octanol–water partition coefficient (Wildman–Crippen LogP) is 5.05. The van der Waals surface area contributed by atoms with Gasteiger partial charge in [0.15, 0.2) is 5.78 Å². The second-order valence-electron chi connectivity index (χ2n) is 4.68. The van der Waals surface area contributed by atoms with Crippen molar-refractivity contribution in [2.24, 2.45) is 5.92 Å². The van der Waals surface area contributed by atoms with Crippen molar-refractivity contribution < 1.29 is 9.53 Å². The first-order chi connectivity index (χ1) is 8.66. The summed E-state index contributed by atoms with van der Waals surface area (Å²) in [5.41, 5.74) is 0.718. The highest BCUT2D eigenvalue weighted by Crippen LogP contribution is 2.32. The van der Waals surface area contributed by atoms with E-state index in [0.29, 0.717) is 5.92 Å². The van der Waals surface area contributed by atoms with Crippen LogP contribution in [-0.4, -0.2) is 19.0 Å². The van der Waals surface area contributed by atoms with Gasteiger partial charge in [-0.1, -0.05) is 19.3 Å². The van der Waals surface area contributed by atoms with Crippen LogP contribution in [-0.2, 0) is 4.74 Å². The summed E-state index contributed by atoms with van der Waals surface area (Å²) in [7, 11) is 0. The maximum Gasteiger partial charge on any atom is 0.190 e. The van der Waals surface area contributed by atoms with E-state index in [2.05, 4.69) is 31.9 Å². The van der Waals surface area contributed by atoms with E-state index in [0.717, 1.165) is 19.7 Å². The van der Waals surface area contributed by atoms with Crippen LogP contribution in [0.15, 0.2) is 13.6 Å². The fourth-order valence-electron chi connectivity index (χ4n) is 2.28. The Labute approximate surface area is 128 Å². The van der Waals surface area contributed by atoms with Crippen molar-refractivity contribution >= 4 is 49.0 Å². The van der Waals surface area contributed by atoms with Crippen LogP contribution < -0.4 is 0 Å². The second-order valence-corrected chi connectivity index (χ2v) is 8.43. The fourth-order valence-corrected chi connectivity index (χ4v) is 5.14. The van der Waals surface area contributed by atoms with E-state index >= 15 is 0 Å². The van der Waals surface area contributed by atoms with Crippen molar-refractivity contribution in [1.82, 2.24) is 0 Å². The normalized spacial score (nSPS) is 17.0. The number of thiophene rings is 1. The molecule has 0 N–H and O–H groups in total. The molecule has 18 heavy (non-hydrogen) atoms. The molecular formula is C13H16Br2O2S. The molecule has 0 atom stereocenters. The Hall–Kier alpha value is 0.290. The summed E-state index contributed by atoms with van der Waals surface area (Å²) < 4.78 is 7.41. The van der Waals surface area contributed by atoms with Crippen molar-refractivity contribution in [2.45, 2.75) is 32.1 Å². The van der Waals surface area contributed by atoms with Gasteiger partial charge in [0.05, 0.1) is 14.2 Å². The topological polar surface area (TPSA) is 26.3 Å². The molecule has 0 bridgehead atoms. The Morgan fingerprint density at radius 3 is 2.67 bits per heavy atom. The van der Waals surface area contributed by atoms with Crippen LogP contribution in [0.2, 0.25) is 0 Å². The average Bonchev–Trinajstić information content (AvgIpc) is 2.70. The van der Waals surface area contributed by atoms with Gasteiger partial charge < -0.3 is 4.74 Å². The largest absolute Gasteiger partial charge is 0.373 e. The number of ether oxygens (including phenoxy) is 1. The monoisotopic (exact) mass is 394 g/mol. The number of carbonyl (C=O) groups excluding carboxylic acids is 1. The van der Waals surface area contributed by atoms with Gasteiger partial charge in [0.1, 0.15) is 6.61 Å². The zero-order chi connectivity index (χ0) is 13.0. The highest BCUT2D eigenvalue weighted by atomic mass is 79.9. The van der Waals surface area contributed by atoms with Crippen LogP contribution in [0.4, 0.5) is 0 Å². The molecule has 5 heteroatoms. The number of rotatable bonds is 5. The molecule has 0 amide bonds. The number of halogens is 2. The van der Waals surface area contributed by atoms with Gasteiger partial charge in [0.25, 0.3) is 0 Å². The minimum absolute atomic E-state index is 0.0552. The Morgan fingerprint density at radius 1 is 1.33 bits per heavy atom. The first kappa shape index (κ1) is 14.7. The molecule has 2 nitrogen and oxygen atoms in total. The summed E-state index contributed by atoms with van der Waals surface area (Å²) in [6.07, 6.45) is 6.48. The molecule has 0 aliphatic heterocycles. The molecule has 1 aliphatic rings. The molecule has 1 aliphatic carbocycles. The average molecular weight is 396 g/mol. The number of hydrogen-bond acceptors (Lipinski definition) is 3. The molecule has 0 unspecified atom stereocenters. The van der Waals surface area contributed by atoms with Gasteiger partial charge in [0, 0.05) is 5.56 Å². The Bertz CT molecular complexity index is 411. The summed E-state index contributed by atoms with van der Waals surface area (Å²) >= 11 is 8.29.